The van der Waals surface area contributed by atoms with Crippen molar-refractivity contribution in [2.45, 2.75) is 33.3 Å². The number of methoxy groups -OCH3 is 1. The van der Waals surface area contributed by atoms with E-state index in [0.29, 0.717) is 12.0 Å². The van der Waals surface area contributed by atoms with E-state index in [4.69, 9.17) is 9.73 Å². The third-order valence-corrected chi connectivity index (χ3v) is 4.17. The van der Waals surface area contributed by atoms with E-state index in [0.717, 1.165) is 25.6 Å². The number of halogens is 1. The van der Waals surface area contributed by atoms with Crippen molar-refractivity contribution in [3.63, 3.8) is 0 Å². The molecule has 0 aromatic heterocycles. The molecule has 0 spiro atoms. The largest absolute Gasteiger partial charge is 0.375 e. The predicted octanol–water partition coefficient (Wildman–Crippen LogP) is 3.69. The van der Waals surface area contributed by atoms with Crippen molar-refractivity contribution in [3.05, 3.63) is 35.9 Å². The van der Waals surface area contributed by atoms with Crippen LogP contribution in [0.4, 0.5) is 0 Å². The molecule has 0 aliphatic carbocycles. The highest BCUT2D eigenvalue weighted by molar-refractivity contribution is 14.0. The average Bonchev–Trinajstić information content (AvgIpc) is 2.88. The highest BCUT2D eigenvalue weighted by Crippen LogP contribution is 2.28. The van der Waals surface area contributed by atoms with E-state index in [9.17, 15) is 0 Å². The fourth-order valence-corrected chi connectivity index (χ4v) is 2.87. The lowest BCUT2D eigenvalue weighted by Gasteiger charge is -2.24. The van der Waals surface area contributed by atoms with Gasteiger partial charge in [0.15, 0.2) is 5.96 Å². The molecule has 1 aliphatic heterocycles. The summed E-state index contributed by atoms with van der Waals surface area (Å²) in [6.07, 6.45) is 1.22. The first kappa shape index (κ1) is 20.2. The van der Waals surface area contributed by atoms with Gasteiger partial charge in [-0.25, -0.2) is 0 Å². The molecule has 1 heterocycles. The molecule has 1 unspecified atom stereocenters. The Bertz CT molecular complexity index is 490. The van der Waals surface area contributed by atoms with Crippen LogP contribution in [0, 0.1) is 5.41 Å². The van der Waals surface area contributed by atoms with Gasteiger partial charge in [0.2, 0.25) is 0 Å². The second kappa shape index (κ2) is 9.47. The molecule has 1 aromatic rings. The first-order valence-electron chi connectivity index (χ1n) is 8.17. The van der Waals surface area contributed by atoms with Crippen LogP contribution in [0.5, 0.6) is 0 Å². The molecular formula is C18H30IN3O. The van der Waals surface area contributed by atoms with Gasteiger partial charge >= 0.3 is 0 Å². The molecule has 23 heavy (non-hydrogen) atoms. The fourth-order valence-electron chi connectivity index (χ4n) is 2.87. The van der Waals surface area contributed by atoms with Gasteiger partial charge in [0.05, 0.1) is 6.54 Å². The average molecular weight is 431 g/mol. The monoisotopic (exact) mass is 431 g/mol. The Kier molecular flexibility index (Phi) is 8.33. The standard InChI is InChI=1S/C18H29N3O.HI/c1-5-19-17(21-12-11-18(2,3)14-21)20-13-16(22-4)15-9-7-6-8-10-15;/h6-10,16H,5,11-14H2,1-4H3,(H,19,20);1H. The van der Waals surface area contributed by atoms with Crippen molar-refractivity contribution in [2.75, 3.05) is 33.3 Å². The Balaban J connectivity index is 0.00000264. The van der Waals surface area contributed by atoms with Gasteiger partial charge in [0.1, 0.15) is 6.10 Å². The summed E-state index contributed by atoms with van der Waals surface area (Å²) in [6, 6.07) is 10.3. The predicted molar refractivity (Wildman–Crippen MR) is 108 cm³/mol. The Hall–Kier alpha value is -0.820. The van der Waals surface area contributed by atoms with E-state index < -0.39 is 0 Å². The zero-order valence-electron chi connectivity index (χ0n) is 14.7. The summed E-state index contributed by atoms with van der Waals surface area (Å²) in [7, 11) is 1.75. The maximum Gasteiger partial charge on any atom is 0.194 e. The summed E-state index contributed by atoms with van der Waals surface area (Å²) in [5, 5.41) is 3.41. The van der Waals surface area contributed by atoms with Gasteiger partial charge in [-0.2, -0.15) is 0 Å². The van der Waals surface area contributed by atoms with Crippen molar-refractivity contribution in [1.29, 1.82) is 0 Å². The molecule has 1 aliphatic rings. The lowest BCUT2D eigenvalue weighted by atomic mass is 9.93. The van der Waals surface area contributed by atoms with Crippen LogP contribution in [0.2, 0.25) is 0 Å². The number of likely N-dealkylation sites (tertiary alicyclic amines) is 1. The van der Waals surface area contributed by atoms with Gasteiger partial charge in [-0.1, -0.05) is 44.2 Å². The molecule has 0 radical (unpaired) electrons. The molecule has 5 heteroatoms. The van der Waals surface area contributed by atoms with Gasteiger partial charge in [-0.3, -0.25) is 4.99 Å². The van der Waals surface area contributed by atoms with Gasteiger partial charge < -0.3 is 15.0 Å². The number of nitrogens with one attached hydrogen (secondary N) is 1. The highest BCUT2D eigenvalue weighted by Gasteiger charge is 2.30. The number of guanidine groups is 1. The van der Waals surface area contributed by atoms with Crippen LogP contribution in [0.1, 0.15) is 38.9 Å². The minimum absolute atomic E-state index is 0. The van der Waals surface area contributed by atoms with Crippen LogP contribution in [0.15, 0.2) is 35.3 Å². The Morgan fingerprint density at radius 2 is 2.04 bits per heavy atom. The molecule has 1 fully saturated rings. The molecule has 1 atom stereocenters. The highest BCUT2D eigenvalue weighted by atomic mass is 127. The van der Waals surface area contributed by atoms with Gasteiger partial charge in [-0.05, 0) is 24.3 Å². The number of ether oxygens (including phenoxy) is 1. The van der Waals surface area contributed by atoms with E-state index in [1.165, 1.54) is 12.0 Å². The van der Waals surface area contributed by atoms with E-state index in [1.807, 2.05) is 18.2 Å². The van der Waals surface area contributed by atoms with Crippen LogP contribution < -0.4 is 5.32 Å². The molecule has 0 bridgehead atoms. The number of nitrogens with zero attached hydrogens (tertiary/aromatic N) is 2. The summed E-state index contributed by atoms with van der Waals surface area (Å²) < 4.78 is 5.62. The van der Waals surface area contributed by atoms with Crippen molar-refractivity contribution < 1.29 is 4.74 Å². The van der Waals surface area contributed by atoms with E-state index in [2.05, 4.69) is 43.1 Å². The summed E-state index contributed by atoms with van der Waals surface area (Å²) in [4.78, 5) is 7.18. The molecule has 130 valence electrons. The SMILES string of the molecule is CCNC(=NCC(OC)c1ccccc1)N1CCC(C)(C)C1.I. The number of rotatable bonds is 5. The third-order valence-electron chi connectivity index (χ3n) is 4.17. The second-order valence-electron chi connectivity index (χ2n) is 6.67. The van der Waals surface area contributed by atoms with E-state index in [-0.39, 0.29) is 30.1 Å². The van der Waals surface area contributed by atoms with E-state index >= 15 is 0 Å². The van der Waals surface area contributed by atoms with Crippen LogP contribution >= 0.6 is 24.0 Å². The van der Waals surface area contributed by atoms with Gasteiger partial charge in [0, 0.05) is 26.7 Å². The first-order chi connectivity index (χ1) is 10.6. The van der Waals surface area contributed by atoms with Crippen LogP contribution in [0.25, 0.3) is 0 Å². The molecule has 4 nitrogen and oxygen atoms in total. The van der Waals surface area contributed by atoms with Crippen molar-refractivity contribution in [1.82, 2.24) is 10.2 Å². The van der Waals surface area contributed by atoms with Gasteiger partial charge in [-0.15, -0.1) is 24.0 Å². The molecule has 0 amide bonds. The summed E-state index contributed by atoms with van der Waals surface area (Å²) in [5.41, 5.74) is 1.54. The number of hydrogen-bond acceptors (Lipinski definition) is 2. The Morgan fingerprint density at radius 3 is 2.57 bits per heavy atom. The second-order valence-corrected chi connectivity index (χ2v) is 6.67. The lowest BCUT2D eigenvalue weighted by molar-refractivity contribution is 0.110. The molecular weight excluding hydrogens is 401 g/mol. The summed E-state index contributed by atoms with van der Waals surface area (Å²) >= 11 is 0. The minimum atomic E-state index is 0. The van der Waals surface area contributed by atoms with Crippen molar-refractivity contribution in [3.8, 4) is 0 Å². The van der Waals surface area contributed by atoms with E-state index in [1.54, 1.807) is 7.11 Å². The number of hydrogen-bond donors (Lipinski definition) is 1. The molecule has 1 aromatic carbocycles. The molecule has 1 N–H and O–H groups in total. The zero-order chi connectivity index (χ0) is 16.0. The summed E-state index contributed by atoms with van der Waals surface area (Å²) in [5.74, 6) is 1.01. The topological polar surface area (TPSA) is 36.9 Å². The molecule has 0 saturated carbocycles. The van der Waals surface area contributed by atoms with Crippen LogP contribution in [-0.2, 0) is 4.74 Å². The quantitative estimate of drug-likeness (QED) is 0.439. The van der Waals surface area contributed by atoms with Crippen LogP contribution in [0.3, 0.4) is 0 Å². The maximum atomic E-state index is 5.62. The number of aliphatic imine (C=N–C) groups is 1. The normalized spacial score (nSPS) is 18.4. The maximum absolute atomic E-state index is 5.62. The minimum Gasteiger partial charge on any atom is -0.375 e. The van der Waals surface area contributed by atoms with Crippen molar-refractivity contribution in [2.24, 2.45) is 10.4 Å². The number of benzene rings is 1. The Labute approximate surface area is 157 Å². The van der Waals surface area contributed by atoms with Gasteiger partial charge in [0.25, 0.3) is 0 Å². The fraction of sp³-hybridized carbons (Fsp3) is 0.611. The summed E-state index contributed by atoms with van der Waals surface area (Å²) in [6.45, 7) is 10.4. The molecule has 1 saturated heterocycles. The molecule has 2 rings (SSSR count). The first-order valence-corrected chi connectivity index (χ1v) is 8.17. The third kappa shape index (κ3) is 5.95. The lowest BCUT2D eigenvalue weighted by Crippen LogP contribution is -2.41. The Morgan fingerprint density at radius 1 is 1.35 bits per heavy atom. The zero-order valence-corrected chi connectivity index (χ0v) is 17.0. The van der Waals surface area contributed by atoms with Crippen LogP contribution in [-0.4, -0.2) is 44.1 Å². The smallest absolute Gasteiger partial charge is 0.194 e. The van der Waals surface area contributed by atoms with Crippen molar-refractivity contribution >= 4 is 29.9 Å².